The van der Waals surface area contributed by atoms with Crippen molar-refractivity contribution in [1.29, 1.82) is 0 Å². The summed E-state index contributed by atoms with van der Waals surface area (Å²) in [5.74, 6) is 0.612. The molecule has 2 aliphatic rings. The molecule has 21 heavy (non-hydrogen) atoms. The van der Waals surface area contributed by atoms with Gasteiger partial charge in [-0.3, -0.25) is 9.69 Å². The van der Waals surface area contributed by atoms with Crippen LogP contribution in [0.15, 0.2) is 0 Å². The fourth-order valence-electron chi connectivity index (χ4n) is 4.59. The smallest absolute Gasteiger partial charge is 0.308 e. The second kappa shape index (κ2) is 6.28. The van der Waals surface area contributed by atoms with Gasteiger partial charge >= 0.3 is 5.97 Å². The fourth-order valence-corrected chi connectivity index (χ4v) is 4.59. The summed E-state index contributed by atoms with van der Waals surface area (Å²) in [4.78, 5) is 14.2. The topological polar surface area (TPSA) is 40.5 Å². The Hall–Kier alpha value is -0.570. The van der Waals surface area contributed by atoms with Crippen LogP contribution in [0.4, 0.5) is 0 Å². The van der Waals surface area contributed by atoms with E-state index in [0.717, 1.165) is 25.8 Å². The first-order valence-corrected chi connectivity index (χ1v) is 8.74. The molecule has 0 bridgehead atoms. The predicted octanol–water partition coefficient (Wildman–Crippen LogP) is 4.02. The normalized spacial score (nSPS) is 38.6. The Morgan fingerprint density at radius 2 is 1.90 bits per heavy atom. The first-order chi connectivity index (χ1) is 9.76. The number of aliphatic carboxylic acids is 1. The van der Waals surface area contributed by atoms with Gasteiger partial charge in [0.15, 0.2) is 0 Å². The second-order valence-electron chi connectivity index (χ2n) is 8.25. The van der Waals surface area contributed by atoms with E-state index in [1.807, 2.05) is 0 Å². The van der Waals surface area contributed by atoms with Crippen LogP contribution in [0.2, 0.25) is 0 Å². The molecular weight excluding hydrogens is 262 g/mol. The number of hydrogen-bond donors (Lipinski definition) is 1. The van der Waals surface area contributed by atoms with E-state index in [1.165, 1.54) is 12.8 Å². The third-order valence-corrected chi connectivity index (χ3v) is 6.41. The summed E-state index contributed by atoms with van der Waals surface area (Å²) in [7, 11) is 0. The monoisotopic (exact) mass is 295 g/mol. The van der Waals surface area contributed by atoms with E-state index in [1.54, 1.807) is 0 Å². The highest BCUT2D eigenvalue weighted by Crippen LogP contribution is 2.45. The minimum atomic E-state index is -0.584. The largest absolute Gasteiger partial charge is 0.481 e. The van der Waals surface area contributed by atoms with E-state index in [9.17, 15) is 9.90 Å². The van der Waals surface area contributed by atoms with Crippen LogP contribution in [0.3, 0.4) is 0 Å². The van der Waals surface area contributed by atoms with Crippen LogP contribution < -0.4 is 0 Å². The first kappa shape index (κ1) is 16.8. The van der Waals surface area contributed by atoms with Gasteiger partial charge in [0.1, 0.15) is 0 Å². The van der Waals surface area contributed by atoms with E-state index in [2.05, 4.69) is 39.5 Å². The molecule has 1 N–H and O–H groups in total. The molecule has 1 heterocycles. The van der Waals surface area contributed by atoms with E-state index >= 15 is 0 Å². The van der Waals surface area contributed by atoms with Gasteiger partial charge < -0.3 is 5.11 Å². The van der Waals surface area contributed by atoms with Crippen LogP contribution in [-0.4, -0.2) is 34.6 Å². The summed E-state index contributed by atoms with van der Waals surface area (Å²) in [6, 6.07) is 0.780. The number of carbonyl (C=O) groups is 1. The highest BCUT2D eigenvalue weighted by molar-refractivity contribution is 5.71. The number of hydrogen-bond acceptors (Lipinski definition) is 2. The Bertz CT molecular complexity index is 379. The van der Waals surface area contributed by atoms with Gasteiger partial charge in [0, 0.05) is 18.6 Å². The summed E-state index contributed by atoms with van der Waals surface area (Å²) in [5, 5.41) is 9.64. The van der Waals surface area contributed by atoms with Crippen molar-refractivity contribution < 1.29 is 9.90 Å². The Morgan fingerprint density at radius 1 is 1.24 bits per heavy atom. The third kappa shape index (κ3) is 3.44. The lowest BCUT2D eigenvalue weighted by molar-refractivity contribution is -0.147. The molecule has 122 valence electrons. The van der Waals surface area contributed by atoms with Gasteiger partial charge in [0.2, 0.25) is 0 Å². The van der Waals surface area contributed by atoms with Gasteiger partial charge in [-0.25, -0.2) is 0 Å². The molecule has 0 amide bonds. The lowest BCUT2D eigenvalue weighted by Crippen LogP contribution is -2.50. The predicted molar refractivity (Wildman–Crippen MR) is 86.3 cm³/mol. The zero-order valence-electron chi connectivity index (χ0n) is 14.4. The van der Waals surface area contributed by atoms with E-state index in [-0.39, 0.29) is 12.0 Å². The summed E-state index contributed by atoms with van der Waals surface area (Å²) in [6.45, 7) is 12.6. The molecule has 0 radical (unpaired) electrons. The summed E-state index contributed by atoms with van der Waals surface area (Å²) in [6.07, 6.45) is 5.38. The van der Waals surface area contributed by atoms with Crippen molar-refractivity contribution in [3.05, 3.63) is 0 Å². The summed E-state index contributed by atoms with van der Waals surface area (Å²) in [5.41, 5.74) is 0.330. The van der Waals surface area contributed by atoms with Gasteiger partial charge in [-0.1, -0.05) is 34.1 Å². The molecular formula is C18H33NO2. The molecule has 3 heteroatoms. The van der Waals surface area contributed by atoms with Crippen LogP contribution in [0.5, 0.6) is 0 Å². The van der Waals surface area contributed by atoms with Crippen molar-refractivity contribution >= 4 is 5.97 Å². The Morgan fingerprint density at radius 3 is 2.38 bits per heavy atom. The van der Waals surface area contributed by atoms with Crippen molar-refractivity contribution in [1.82, 2.24) is 4.90 Å². The molecule has 3 nitrogen and oxygen atoms in total. The highest BCUT2D eigenvalue weighted by Gasteiger charge is 2.45. The first-order valence-electron chi connectivity index (χ1n) is 8.74. The molecule has 5 unspecified atom stereocenters. The average Bonchev–Trinajstić information content (AvgIpc) is 2.76. The van der Waals surface area contributed by atoms with Crippen molar-refractivity contribution in [2.24, 2.45) is 23.2 Å². The van der Waals surface area contributed by atoms with Crippen LogP contribution >= 0.6 is 0 Å². The minimum Gasteiger partial charge on any atom is -0.481 e. The van der Waals surface area contributed by atoms with E-state index < -0.39 is 5.97 Å². The van der Waals surface area contributed by atoms with Gasteiger partial charge in [0.25, 0.3) is 0 Å². The van der Waals surface area contributed by atoms with Crippen LogP contribution in [0.25, 0.3) is 0 Å². The van der Waals surface area contributed by atoms with E-state index in [4.69, 9.17) is 0 Å². The molecule has 2 fully saturated rings. The lowest BCUT2D eigenvalue weighted by Gasteiger charge is -2.46. The van der Waals surface area contributed by atoms with Crippen molar-refractivity contribution in [2.75, 3.05) is 6.54 Å². The number of carboxylic acid groups (broad SMARTS) is 1. The Labute approximate surface area is 130 Å². The van der Waals surface area contributed by atoms with Gasteiger partial charge in [-0.2, -0.15) is 0 Å². The molecule has 2 rings (SSSR count). The maximum Gasteiger partial charge on any atom is 0.308 e. The van der Waals surface area contributed by atoms with Gasteiger partial charge in [-0.05, 0) is 49.9 Å². The maximum absolute atomic E-state index is 11.7. The molecule has 1 aliphatic carbocycles. The average molecular weight is 295 g/mol. The second-order valence-corrected chi connectivity index (χ2v) is 8.25. The third-order valence-electron chi connectivity index (χ3n) is 6.41. The van der Waals surface area contributed by atoms with Gasteiger partial charge in [-0.15, -0.1) is 0 Å². The standard InChI is InChI=1S/C18H33NO2/c1-6-18(4,5)14-7-8-15(17(20)21)16(10-14)19-11-12(2)9-13(19)3/h12-16H,6-11H2,1-5H3,(H,20,21). The Balaban J connectivity index is 2.18. The number of nitrogens with zero attached hydrogens (tertiary/aromatic N) is 1. The summed E-state index contributed by atoms with van der Waals surface area (Å²) >= 11 is 0. The van der Waals surface area contributed by atoms with Crippen LogP contribution in [0, 0.1) is 23.2 Å². The highest BCUT2D eigenvalue weighted by atomic mass is 16.4. The summed E-state index contributed by atoms with van der Waals surface area (Å²) < 4.78 is 0. The number of rotatable bonds is 4. The van der Waals surface area contributed by atoms with Crippen LogP contribution in [-0.2, 0) is 4.79 Å². The van der Waals surface area contributed by atoms with Crippen molar-refractivity contribution in [2.45, 2.75) is 78.8 Å². The Kier molecular flexibility index (Phi) is 5.02. The number of likely N-dealkylation sites (tertiary alicyclic amines) is 1. The van der Waals surface area contributed by atoms with Crippen molar-refractivity contribution in [3.8, 4) is 0 Å². The molecule has 0 aromatic heterocycles. The molecule has 1 aliphatic heterocycles. The maximum atomic E-state index is 11.7. The molecule has 0 spiro atoms. The van der Waals surface area contributed by atoms with Gasteiger partial charge in [0.05, 0.1) is 5.92 Å². The fraction of sp³-hybridized carbons (Fsp3) is 0.944. The van der Waals surface area contributed by atoms with E-state index in [0.29, 0.717) is 23.3 Å². The molecule has 1 saturated heterocycles. The molecule has 0 aromatic carbocycles. The molecule has 0 aromatic rings. The number of carboxylic acids is 1. The van der Waals surface area contributed by atoms with Crippen LogP contribution in [0.1, 0.15) is 66.7 Å². The molecule has 1 saturated carbocycles. The SMILES string of the molecule is CCC(C)(C)C1CCC(C(=O)O)C(N2CC(C)CC2C)C1. The minimum absolute atomic E-state index is 0.165. The quantitative estimate of drug-likeness (QED) is 0.851. The zero-order valence-corrected chi connectivity index (χ0v) is 14.4. The zero-order chi connectivity index (χ0) is 15.8. The van der Waals surface area contributed by atoms with Crippen molar-refractivity contribution in [3.63, 3.8) is 0 Å². The lowest BCUT2D eigenvalue weighted by atomic mass is 9.65. The molecule has 5 atom stereocenters.